The predicted octanol–water partition coefficient (Wildman–Crippen LogP) is 3.64. The molecule has 2 aromatic carbocycles. The fourth-order valence-electron chi connectivity index (χ4n) is 2.56. The van der Waals surface area contributed by atoms with Gasteiger partial charge in [0.25, 0.3) is 0 Å². The first-order valence-corrected chi connectivity index (χ1v) is 8.43. The fourth-order valence-corrected chi connectivity index (χ4v) is 2.56. The fraction of sp³-hybridized carbons (Fsp3) is 0.300. The second kappa shape index (κ2) is 7.17. The van der Waals surface area contributed by atoms with Crippen molar-refractivity contribution in [1.82, 2.24) is 14.8 Å². The minimum absolute atomic E-state index is 0.237. The molecule has 0 saturated heterocycles. The summed E-state index contributed by atoms with van der Waals surface area (Å²) >= 11 is 0. The summed E-state index contributed by atoms with van der Waals surface area (Å²) in [7, 11) is 0. The minimum atomic E-state index is -0.777. The van der Waals surface area contributed by atoms with Crippen LogP contribution in [0.25, 0.3) is 11.1 Å². The van der Waals surface area contributed by atoms with Crippen LogP contribution in [-0.2, 0) is 0 Å². The molecule has 6 nitrogen and oxygen atoms in total. The van der Waals surface area contributed by atoms with Crippen molar-refractivity contribution in [3.8, 4) is 22.6 Å². The van der Waals surface area contributed by atoms with E-state index in [0.29, 0.717) is 5.75 Å². The van der Waals surface area contributed by atoms with Gasteiger partial charge in [-0.05, 0) is 40.8 Å². The Morgan fingerprint density at radius 2 is 1.54 bits per heavy atom. The van der Waals surface area contributed by atoms with Gasteiger partial charge < -0.3 is 14.9 Å². The van der Waals surface area contributed by atoms with E-state index in [4.69, 9.17) is 4.74 Å². The Morgan fingerprint density at radius 1 is 0.962 bits per heavy atom. The Hall–Kier alpha value is -2.86. The Labute approximate surface area is 152 Å². The molecule has 3 rings (SSSR count). The number of hydrogen-bond acceptors (Lipinski definition) is 5. The normalized spacial score (nSPS) is 14.0. The van der Waals surface area contributed by atoms with Crippen LogP contribution in [0.5, 0.6) is 11.5 Å². The van der Waals surface area contributed by atoms with Crippen LogP contribution < -0.4 is 4.74 Å². The number of aliphatic hydroxyl groups is 1. The van der Waals surface area contributed by atoms with Crippen LogP contribution in [-0.4, -0.2) is 31.1 Å². The van der Waals surface area contributed by atoms with E-state index in [1.165, 1.54) is 17.3 Å². The molecule has 0 fully saturated rings. The second-order valence-corrected chi connectivity index (χ2v) is 7.27. The van der Waals surface area contributed by atoms with Gasteiger partial charge in [-0.15, -0.1) is 0 Å². The molecule has 2 unspecified atom stereocenters. The van der Waals surface area contributed by atoms with E-state index >= 15 is 0 Å². The quantitative estimate of drug-likeness (QED) is 0.732. The van der Waals surface area contributed by atoms with Crippen molar-refractivity contribution in [1.29, 1.82) is 0 Å². The standard InChI is InChI=1S/C20H23N3O3/c1-20(2,3)18(25)19(23-13-21-12-22-23)26-17-10-6-15(7-11-17)14-4-8-16(24)9-5-14/h4-13,18-19,24-25H,1-3H3. The van der Waals surface area contributed by atoms with Gasteiger partial charge in [0.05, 0.1) is 0 Å². The number of benzene rings is 2. The number of aromatic hydroxyl groups is 1. The van der Waals surface area contributed by atoms with Gasteiger partial charge in [-0.3, -0.25) is 0 Å². The van der Waals surface area contributed by atoms with Crippen molar-refractivity contribution in [3.05, 3.63) is 61.2 Å². The average molecular weight is 353 g/mol. The predicted molar refractivity (Wildman–Crippen MR) is 98.7 cm³/mol. The van der Waals surface area contributed by atoms with Crippen LogP contribution in [0.4, 0.5) is 0 Å². The first-order chi connectivity index (χ1) is 12.3. The van der Waals surface area contributed by atoms with Crippen LogP contribution in [0.2, 0.25) is 0 Å². The molecule has 1 heterocycles. The largest absolute Gasteiger partial charge is 0.508 e. The van der Waals surface area contributed by atoms with Gasteiger partial charge in [-0.2, -0.15) is 5.10 Å². The summed E-state index contributed by atoms with van der Waals surface area (Å²) in [5, 5.41) is 24.2. The van der Waals surface area contributed by atoms with E-state index in [0.717, 1.165) is 11.1 Å². The lowest BCUT2D eigenvalue weighted by atomic mass is 9.88. The summed E-state index contributed by atoms with van der Waals surface area (Å²) in [5.74, 6) is 0.858. The summed E-state index contributed by atoms with van der Waals surface area (Å²) in [4.78, 5) is 3.95. The molecule has 0 bridgehead atoms. The molecule has 1 aromatic heterocycles. The minimum Gasteiger partial charge on any atom is -0.508 e. The third kappa shape index (κ3) is 4.03. The van der Waals surface area contributed by atoms with E-state index in [-0.39, 0.29) is 11.2 Å². The number of ether oxygens (including phenoxy) is 1. The van der Waals surface area contributed by atoms with E-state index in [2.05, 4.69) is 10.1 Å². The zero-order valence-electron chi connectivity index (χ0n) is 15.1. The number of aromatic nitrogens is 3. The number of rotatable bonds is 5. The molecule has 0 amide bonds. The number of nitrogens with zero attached hydrogens (tertiary/aromatic N) is 3. The Morgan fingerprint density at radius 3 is 2.04 bits per heavy atom. The number of hydrogen-bond donors (Lipinski definition) is 2. The molecular weight excluding hydrogens is 330 g/mol. The molecular formula is C20H23N3O3. The molecule has 2 N–H and O–H groups in total. The highest BCUT2D eigenvalue weighted by Gasteiger charge is 2.34. The van der Waals surface area contributed by atoms with Crippen molar-refractivity contribution in [3.63, 3.8) is 0 Å². The summed E-state index contributed by atoms with van der Waals surface area (Å²) in [5.41, 5.74) is 1.62. The highest BCUT2D eigenvalue weighted by Crippen LogP contribution is 2.31. The summed E-state index contributed by atoms with van der Waals surface area (Å²) in [6, 6.07) is 14.6. The zero-order chi connectivity index (χ0) is 18.7. The topological polar surface area (TPSA) is 80.4 Å². The third-order valence-corrected chi connectivity index (χ3v) is 4.17. The van der Waals surface area contributed by atoms with Crippen LogP contribution in [0.15, 0.2) is 61.2 Å². The maximum atomic E-state index is 10.7. The lowest BCUT2D eigenvalue weighted by Gasteiger charge is -2.32. The maximum absolute atomic E-state index is 10.7. The van der Waals surface area contributed by atoms with Crippen LogP contribution in [0.3, 0.4) is 0 Å². The molecule has 0 saturated carbocycles. The van der Waals surface area contributed by atoms with Crippen molar-refractivity contribution >= 4 is 0 Å². The van der Waals surface area contributed by atoms with Crippen LogP contribution >= 0.6 is 0 Å². The van der Waals surface area contributed by atoms with Gasteiger partial charge in [-0.25, -0.2) is 9.67 Å². The lowest BCUT2D eigenvalue weighted by Crippen LogP contribution is -2.38. The second-order valence-electron chi connectivity index (χ2n) is 7.27. The molecule has 2 atom stereocenters. The molecule has 136 valence electrons. The third-order valence-electron chi connectivity index (χ3n) is 4.17. The van der Waals surface area contributed by atoms with Crippen molar-refractivity contribution in [2.24, 2.45) is 5.41 Å². The summed E-state index contributed by atoms with van der Waals surface area (Å²) in [6.45, 7) is 5.83. The first-order valence-electron chi connectivity index (χ1n) is 8.43. The first kappa shape index (κ1) is 17.9. The smallest absolute Gasteiger partial charge is 0.219 e. The zero-order valence-corrected chi connectivity index (χ0v) is 15.1. The molecule has 0 spiro atoms. The Bertz CT molecular complexity index is 822. The van der Waals surface area contributed by atoms with Crippen molar-refractivity contribution < 1.29 is 14.9 Å². The Kier molecular flexibility index (Phi) is 4.95. The molecule has 6 heteroatoms. The maximum Gasteiger partial charge on any atom is 0.219 e. The van der Waals surface area contributed by atoms with Gasteiger partial charge in [0, 0.05) is 0 Å². The van der Waals surface area contributed by atoms with Crippen LogP contribution in [0.1, 0.15) is 27.0 Å². The number of phenolic OH excluding ortho intramolecular Hbond substituents is 1. The molecule has 0 aliphatic rings. The Balaban J connectivity index is 1.82. The van der Waals surface area contributed by atoms with Gasteiger partial charge in [0.2, 0.25) is 6.23 Å². The van der Waals surface area contributed by atoms with Crippen molar-refractivity contribution in [2.75, 3.05) is 0 Å². The average Bonchev–Trinajstić information content (AvgIpc) is 3.14. The van der Waals surface area contributed by atoms with Crippen LogP contribution in [0, 0.1) is 5.41 Å². The molecule has 0 aliphatic carbocycles. The molecule has 0 aliphatic heterocycles. The van der Waals surface area contributed by atoms with Gasteiger partial charge in [0.1, 0.15) is 30.3 Å². The van der Waals surface area contributed by atoms with E-state index in [1.54, 1.807) is 12.1 Å². The van der Waals surface area contributed by atoms with Crippen molar-refractivity contribution in [2.45, 2.75) is 33.1 Å². The van der Waals surface area contributed by atoms with Gasteiger partial charge in [0.15, 0.2) is 0 Å². The number of phenols is 1. The number of aliphatic hydroxyl groups excluding tert-OH is 1. The highest BCUT2D eigenvalue weighted by molar-refractivity contribution is 5.64. The van der Waals surface area contributed by atoms with E-state index in [1.807, 2.05) is 57.2 Å². The SMILES string of the molecule is CC(C)(C)C(O)C(Oc1ccc(-c2ccc(O)cc2)cc1)n1cncn1. The monoisotopic (exact) mass is 353 g/mol. The highest BCUT2D eigenvalue weighted by atomic mass is 16.5. The van der Waals surface area contributed by atoms with E-state index < -0.39 is 12.3 Å². The lowest BCUT2D eigenvalue weighted by molar-refractivity contribution is -0.0731. The summed E-state index contributed by atoms with van der Waals surface area (Å²) in [6.07, 6.45) is 1.49. The molecule has 3 aromatic rings. The van der Waals surface area contributed by atoms with E-state index in [9.17, 15) is 10.2 Å². The summed E-state index contributed by atoms with van der Waals surface area (Å²) < 4.78 is 7.55. The molecule has 26 heavy (non-hydrogen) atoms. The van der Waals surface area contributed by atoms with Gasteiger partial charge >= 0.3 is 0 Å². The van der Waals surface area contributed by atoms with Gasteiger partial charge in [-0.1, -0.05) is 45.0 Å². The molecule has 0 radical (unpaired) electrons.